The molecule has 1 amide bonds. The third-order valence-corrected chi connectivity index (χ3v) is 4.77. The van der Waals surface area contributed by atoms with Crippen molar-refractivity contribution < 1.29 is 13.6 Å². The minimum atomic E-state index is -2.66. The molecular weight excluding hydrogens is 314 g/mol. The molecule has 0 N–H and O–H groups in total. The number of rotatable bonds is 2. The lowest BCUT2D eigenvalue weighted by Crippen LogP contribution is -2.50. The predicted octanol–water partition coefficient (Wildman–Crippen LogP) is 2.51. The van der Waals surface area contributed by atoms with Crippen molar-refractivity contribution in [1.82, 2.24) is 15.1 Å². The van der Waals surface area contributed by atoms with Crippen LogP contribution in [0.15, 0.2) is 6.07 Å². The number of halogens is 3. The molecule has 2 fully saturated rings. The fourth-order valence-electron chi connectivity index (χ4n) is 3.45. The Kier molecular flexibility index (Phi) is 4.16. The van der Waals surface area contributed by atoms with Gasteiger partial charge in [0.25, 0.3) is 6.43 Å². The zero-order valence-corrected chi connectivity index (χ0v) is 12.9. The Bertz CT molecular complexity index is 586. The summed E-state index contributed by atoms with van der Waals surface area (Å²) in [5.41, 5.74) is -0.194. The fraction of sp³-hybridized carbons (Fsp3) is 0.643. The fourth-order valence-corrected chi connectivity index (χ4v) is 3.60. The van der Waals surface area contributed by atoms with Gasteiger partial charge in [0, 0.05) is 26.6 Å². The second kappa shape index (κ2) is 5.95. The summed E-state index contributed by atoms with van der Waals surface area (Å²) in [7, 11) is 0. The molecule has 0 saturated carbocycles. The second-order valence-electron chi connectivity index (χ2n) is 5.81. The summed E-state index contributed by atoms with van der Waals surface area (Å²) >= 11 is 5.69. The van der Waals surface area contributed by atoms with Gasteiger partial charge in [0.05, 0.1) is 11.6 Å². The van der Waals surface area contributed by atoms with E-state index in [4.69, 9.17) is 11.6 Å². The molecule has 3 heterocycles. The molecule has 1 aromatic rings. The molecule has 120 valence electrons. The normalized spacial score (nSPS) is 24.8. The smallest absolute Gasteiger partial charge is 0.267 e. The highest BCUT2D eigenvalue weighted by atomic mass is 35.5. The first-order valence-corrected chi connectivity index (χ1v) is 7.68. The zero-order valence-electron chi connectivity index (χ0n) is 12.2. The van der Waals surface area contributed by atoms with Crippen LogP contribution in [0.1, 0.15) is 31.8 Å². The first-order valence-electron chi connectivity index (χ1n) is 7.30. The van der Waals surface area contributed by atoms with Gasteiger partial charge in [-0.2, -0.15) is 0 Å². The Hall–Kier alpha value is -1.50. The zero-order chi connectivity index (χ0) is 15.9. The second-order valence-corrected chi connectivity index (χ2v) is 6.20. The number of amides is 1. The van der Waals surface area contributed by atoms with Gasteiger partial charge in [-0.15, -0.1) is 10.2 Å². The van der Waals surface area contributed by atoms with Crippen LogP contribution >= 0.6 is 11.6 Å². The minimum absolute atomic E-state index is 0.0153. The monoisotopic (exact) mass is 330 g/mol. The van der Waals surface area contributed by atoms with Crippen molar-refractivity contribution in [2.45, 2.75) is 32.2 Å². The number of nitrogens with zero attached hydrogens (tertiary/aromatic N) is 4. The first kappa shape index (κ1) is 15.4. The molecule has 0 aliphatic carbocycles. The van der Waals surface area contributed by atoms with Gasteiger partial charge in [-0.3, -0.25) is 4.79 Å². The molecule has 0 bridgehead atoms. The maximum atomic E-state index is 13.3. The van der Waals surface area contributed by atoms with Crippen molar-refractivity contribution in [3.63, 3.8) is 0 Å². The molecule has 8 heteroatoms. The maximum Gasteiger partial charge on any atom is 0.267 e. The summed E-state index contributed by atoms with van der Waals surface area (Å²) < 4.78 is 26.5. The molecule has 0 unspecified atom stereocenters. The number of hydrogen-bond acceptors (Lipinski definition) is 4. The average Bonchev–Trinajstić information content (AvgIpc) is 2.90. The van der Waals surface area contributed by atoms with Gasteiger partial charge < -0.3 is 9.80 Å². The lowest BCUT2D eigenvalue weighted by Gasteiger charge is -2.38. The summed E-state index contributed by atoms with van der Waals surface area (Å²) in [5, 5.41) is 7.58. The Balaban J connectivity index is 1.90. The quantitative estimate of drug-likeness (QED) is 0.836. The van der Waals surface area contributed by atoms with Crippen molar-refractivity contribution >= 4 is 23.3 Å². The van der Waals surface area contributed by atoms with Crippen LogP contribution in [0.4, 0.5) is 14.6 Å². The Labute approximate surface area is 132 Å². The Morgan fingerprint density at radius 2 is 2.09 bits per heavy atom. The van der Waals surface area contributed by atoms with Crippen LogP contribution in [0.3, 0.4) is 0 Å². The van der Waals surface area contributed by atoms with Crippen LogP contribution in [-0.2, 0) is 4.79 Å². The third kappa shape index (κ3) is 2.74. The largest absolute Gasteiger partial charge is 0.350 e. The number of carbonyl (C=O) groups is 1. The van der Waals surface area contributed by atoms with Crippen LogP contribution in [0, 0.1) is 5.92 Å². The van der Waals surface area contributed by atoms with Crippen molar-refractivity contribution in [2.75, 3.05) is 24.5 Å². The van der Waals surface area contributed by atoms with Gasteiger partial charge in [-0.25, -0.2) is 8.78 Å². The van der Waals surface area contributed by atoms with E-state index in [0.717, 1.165) is 19.4 Å². The van der Waals surface area contributed by atoms with Crippen LogP contribution < -0.4 is 4.90 Å². The SMILES string of the molecule is CC(=O)N1CC[C@H]2CCN(c3nnc(Cl)cc3C(F)F)[C@H]2C1. The molecule has 0 aromatic carbocycles. The summed E-state index contributed by atoms with van der Waals surface area (Å²) in [4.78, 5) is 15.2. The number of carbonyl (C=O) groups excluding carboxylic acids is 1. The van der Waals surface area contributed by atoms with E-state index >= 15 is 0 Å². The molecule has 2 atom stereocenters. The highest BCUT2D eigenvalue weighted by Gasteiger charge is 2.41. The highest BCUT2D eigenvalue weighted by molar-refractivity contribution is 6.29. The minimum Gasteiger partial charge on any atom is -0.350 e. The van der Waals surface area contributed by atoms with Gasteiger partial charge in [0.15, 0.2) is 11.0 Å². The van der Waals surface area contributed by atoms with Gasteiger partial charge in [-0.05, 0) is 24.8 Å². The molecule has 1 aromatic heterocycles. The molecule has 3 rings (SSSR count). The molecule has 5 nitrogen and oxygen atoms in total. The van der Waals surface area contributed by atoms with E-state index in [-0.39, 0.29) is 28.5 Å². The van der Waals surface area contributed by atoms with Crippen LogP contribution in [0.2, 0.25) is 5.15 Å². The number of anilines is 1. The van der Waals surface area contributed by atoms with Gasteiger partial charge in [0.2, 0.25) is 5.91 Å². The molecule has 2 aliphatic rings. The van der Waals surface area contributed by atoms with Crippen LogP contribution in [0.5, 0.6) is 0 Å². The van der Waals surface area contributed by atoms with E-state index in [9.17, 15) is 13.6 Å². The lowest BCUT2D eigenvalue weighted by molar-refractivity contribution is -0.130. The summed E-state index contributed by atoms with van der Waals surface area (Å²) in [6.07, 6.45) is -0.843. The predicted molar refractivity (Wildman–Crippen MR) is 78.1 cm³/mol. The number of alkyl halides is 2. The van der Waals surface area contributed by atoms with Crippen molar-refractivity contribution in [3.05, 3.63) is 16.8 Å². The molecular formula is C14H17ClF2N4O. The van der Waals surface area contributed by atoms with Gasteiger partial charge in [-0.1, -0.05) is 11.6 Å². The van der Waals surface area contributed by atoms with Gasteiger partial charge >= 0.3 is 0 Å². The Morgan fingerprint density at radius 1 is 1.36 bits per heavy atom. The number of fused-ring (bicyclic) bond motifs is 1. The number of likely N-dealkylation sites (tertiary alicyclic amines) is 1. The number of hydrogen-bond donors (Lipinski definition) is 0. The molecule has 22 heavy (non-hydrogen) atoms. The third-order valence-electron chi connectivity index (χ3n) is 4.59. The van der Waals surface area contributed by atoms with Crippen LogP contribution in [-0.4, -0.2) is 46.7 Å². The van der Waals surface area contributed by atoms with E-state index in [0.29, 0.717) is 19.0 Å². The maximum absolute atomic E-state index is 13.3. The highest BCUT2D eigenvalue weighted by Crippen LogP contribution is 2.38. The Morgan fingerprint density at radius 3 is 2.77 bits per heavy atom. The molecule has 0 spiro atoms. The summed E-state index contributed by atoms with van der Waals surface area (Å²) in [6.45, 7) is 3.47. The molecule has 2 saturated heterocycles. The van der Waals surface area contributed by atoms with Crippen molar-refractivity contribution in [3.8, 4) is 0 Å². The molecule has 2 aliphatic heterocycles. The van der Waals surface area contributed by atoms with Crippen molar-refractivity contribution in [2.24, 2.45) is 5.92 Å². The lowest BCUT2D eigenvalue weighted by atomic mass is 9.92. The summed E-state index contributed by atoms with van der Waals surface area (Å²) in [6, 6.07) is 1.19. The van der Waals surface area contributed by atoms with E-state index in [1.165, 1.54) is 13.0 Å². The standard InChI is InChI=1S/C14H17ClF2N4O/c1-8(22)20-4-2-9-3-5-21(11(9)7-20)14-10(13(16)17)6-12(15)18-19-14/h6,9,11,13H,2-5,7H2,1H3/t9-,11-/m0/s1. The van der Waals surface area contributed by atoms with Crippen molar-refractivity contribution in [1.29, 1.82) is 0 Å². The van der Waals surface area contributed by atoms with E-state index in [1.54, 1.807) is 4.90 Å². The topological polar surface area (TPSA) is 49.3 Å². The van der Waals surface area contributed by atoms with E-state index in [1.807, 2.05) is 4.90 Å². The number of piperidine rings is 1. The van der Waals surface area contributed by atoms with Crippen LogP contribution in [0.25, 0.3) is 0 Å². The van der Waals surface area contributed by atoms with Gasteiger partial charge in [0.1, 0.15) is 0 Å². The average molecular weight is 331 g/mol. The van der Waals surface area contributed by atoms with E-state index in [2.05, 4.69) is 10.2 Å². The summed E-state index contributed by atoms with van der Waals surface area (Å²) in [5.74, 6) is 0.609. The number of aromatic nitrogens is 2. The first-order chi connectivity index (χ1) is 10.5. The van der Waals surface area contributed by atoms with E-state index < -0.39 is 6.43 Å². The molecule has 0 radical (unpaired) electrons.